The molecule has 0 amide bonds. The monoisotopic (exact) mass is 224 g/mol. The average Bonchev–Trinajstić information content (AvgIpc) is 2.26. The minimum atomic E-state index is -0.168. The molecule has 0 radical (unpaired) electrons. The predicted octanol–water partition coefficient (Wildman–Crippen LogP) is 2.04. The highest BCUT2D eigenvalue weighted by Gasteiger charge is 2.20. The number of rotatable bonds is 5. The van der Waals surface area contributed by atoms with Gasteiger partial charge in [-0.3, -0.25) is 4.90 Å². The molecule has 0 aromatic heterocycles. The van der Waals surface area contributed by atoms with Gasteiger partial charge < -0.3 is 5.73 Å². The van der Waals surface area contributed by atoms with E-state index in [1.165, 1.54) is 6.07 Å². The van der Waals surface area contributed by atoms with Gasteiger partial charge in [-0.1, -0.05) is 12.1 Å². The molecule has 0 atom stereocenters. The molecule has 0 bridgehead atoms. The van der Waals surface area contributed by atoms with Gasteiger partial charge in [-0.15, -0.1) is 0 Å². The lowest BCUT2D eigenvalue weighted by Gasteiger charge is -2.34. The van der Waals surface area contributed by atoms with Crippen molar-refractivity contribution in [2.75, 3.05) is 20.1 Å². The second-order valence-electron chi connectivity index (χ2n) is 4.82. The lowest BCUT2D eigenvalue weighted by atomic mass is 10.0. The number of benzene rings is 1. The quantitative estimate of drug-likeness (QED) is 0.829. The van der Waals surface area contributed by atoms with E-state index < -0.39 is 0 Å². The topological polar surface area (TPSA) is 29.3 Å². The highest BCUT2D eigenvalue weighted by Crippen LogP contribution is 2.12. The predicted molar refractivity (Wildman–Crippen MR) is 65.9 cm³/mol. The first-order valence-electron chi connectivity index (χ1n) is 5.61. The maximum absolute atomic E-state index is 13.0. The molecule has 16 heavy (non-hydrogen) atoms. The third-order valence-electron chi connectivity index (χ3n) is 3.16. The van der Waals surface area contributed by atoms with Crippen molar-refractivity contribution >= 4 is 0 Å². The summed E-state index contributed by atoms with van der Waals surface area (Å²) in [5.41, 5.74) is 6.72. The molecule has 1 rings (SSSR count). The summed E-state index contributed by atoms with van der Waals surface area (Å²) >= 11 is 0. The Morgan fingerprint density at radius 3 is 2.62 bits per heavy atom. The summed E-state index contributed by atoms with van der Waals surface area (Å²) in [5.74, 6) is -0.168. The summed E-state index contributed by atoms with van der Waals surface area (Å²) in [6.07, 6.45) is 0.845. The Kier molecular flexibility index (Phi) is 4.44. The van der Waals surface area contributed by atoms with E-state index in [0.717, 1.165) is 18.5 Å². The van der Waals surface area contributed by atoms with Crippen LogP contribution >= 0.6 is 0 Å². The Morgan fingerprint density at radius 1 is 1.38 bits per heavy atom. The minimum absolute atomic E-state index is 0.00662. The molecule has 0 saturated carbocycles. The van der Waals surface area contributed by atoms with Gasteiger partial charge in [0.1, 0.15) is 5.82 Å². The third-order valence-corrected chi connectivity index (χ3v) is 3.16. The van der Waals surface area contributed by atoms with E-state index in [-0.39, 0.29) is 11.4 Å². The lowest BCUT2D eigenvalue weighted by Crippen LogP contribution is -2.47. The van der Waals surface area contributed by atoms with Crippen LogP contribution in [0.2, 0.25) is 0 Å². The van der Waals surface area contributed by atoms with E-state index in [4.69, 9.17) is 5.73 Å². The van der Waals surface area contributed by atoms with Crippen LogP contribution in [-0.4, -0.2) is 30.6 Å². The molecule has 0 fully saturated rings. The fourth-order valence-electron chi connectivity index (χ4n) is 1.45. The van der Waals surface area contributed by atoms with Crippen LogP contribution in [0, 0.1) is 5.82 Å². The van der Waals surface area contributed by atoms with E-state index >= 15 is 0 Å². The second-order valence-corrected chi connectivity index (χ2v) is 4.82. The molecule has 0 aliphatic carbocycles. The molecule has 0 aliphatic heterocycles. The van der Waals surface area contributed by atoms with Crippen LogP contribution in [0.4, 0.5) is 4.39 Å². The third kappa shape index (κ3) is 3.58. The summed E-state index contributed by atoms with van der Waals surface area (Å²) in [6, 6.07) is 6.76. The van der Waals surface area contributed by atoms with Gasteiger partial charge in [-0.25, -0.2) is 4.39 Å². The fraction of sp³-hybridized carbons (Fsp3) is 0.538. The largest absolute Gasteiger partial charge is 0.329 e. The van der Waals surface area contributed by atoms with Crippen LogP contribution in [0.25, 0.3) is 0 Å². The molecule has 0 unspecified atom stereocenters. The molecule has 0 spiro atoms. The van der Waals surface area contributed by atoms with Crippen molar-refractivity contribution in [2.24, 2.45) is 5.73 Å². The SMILES string of the molecule is CN(CCc1cccc(F)c1)C(C)(C)CN. The summed E-state index contributed by atoms with van der Waals surface area (Å²) in [5, 5.41) is 0. The van der Waals surface area contributed by atoms with Crippen LogP contribution in [0.15, 0.2) is 24.3 Å². The first kappa shape index (κ1) is 13.1. The summed E-state index contributed by atoms with van der Waals surface area (Å²) in [4.78, 5) is 2.21. The van der Waals surface area contributed by atoms with Gasteiger partial charge in [0, 0.05) is 18.6 Å². The zero-order valence-corrected chi connectivity index (χ0v) is 10.3. The van der Waals surface area contributed by atoms with Gasteiger partial charge in [0.25, 0.3) is 0 Å². The normalized spacial score (nSPS) is 12.1. The van der Waals surface area contributed by atoms with Crippen molar-refractivity contribution < 1.29 is 4.39 Å². The molecule has 0 aliphatic rings. The van der Waals surface area contributed by atoms with Crippen molar-refractivity contribution in [1.29, 1.82) is 0 Å². The highest BCUT2D eigenvalue weighted by atomic mass is 19.1. The molecule has 2 N–H and O–H groups in total. The Morgan fingerprint density at radius 2 is 2.06 bits per heavy atom. The number of nitrogens with zero attached hydrogens (tertiary/aromatic N) is 1. The van der Waals surface area contributed by atoms with Gasteiger partial charge in [0.15, 0.2) is 0 Å². The molecule has 2 nitrogen and oxygen atoms in total. The van der Waals surface area contributed by atoms with E-state index in [0.29, 0.717) is 6.54 Å². The van der Waals surface area contributed by atoms with Gasteiger partial charge in [-0.2, -0.15) is 0 Å². The van der Waals surface area contributed by atoms with Crippen LogP contribution in [0.1, 0.15) is 19.4 Å². The van der Waals surface area contributed by atoms with Crippen molar-refractivity contribution in [2.45, 2.75) is 25.8 Å². The van der Waals surface area contributed by atoms with Crippen LogP contribution < -0.4 is 5.73 Å². The van der Waals surface area contributed by atoms with E-state index in [1.807, 2.05) is 13.1 Å². The second kappa shape index (κ2) is 5.41. The van der Waals surface area contributed by atoms with E-state index in [9.17, 15) is 4.39 Å². The number of hydrogen-bond donors (Lipinski definition) is 1. The van der Waals surface area contributed by atoms with Crippen molar-refractivity contribution in [1.82, 2.24) is 4.90 Å². The van der Waals surface area contributed by atoms with Crippen LogP contribution in [0.5, 0.6) is 0 Å². The van der Waals surface area contributed by atoms with Gasteiger partial charge >= 0.3 is 0 Å². The van der Waals surface area contributed by atoms with Crippen LogP contribution in [0.3, 0.4) is 0 Å². The minimum Gasteiger partial charge on any atom is -0.329 e. The van der Waals surface area contributed by atoms with Crippen LogP contribution in [-0.2, 0) is 6.42 Å². The molecule has 1 aromatic carbocycles. The fourth-order valence-corrected chi connectivity index (χ4v) is 1.45. The van der Waals surface area contributed by atoms with E-state index in [1.54, 1.807) is 12.1 Å². The molecular weight excluding hydrogens is 203 g/mol. The zero-order chi connectivity index (χ0) is 12.2. The highest BCUT2D eigenvalue weighted by molar-refractivity contribution is 5.16. The number of halogens is 1. The average molecular weight is 224 g/mol. The molecule has 1 aromatic rings. The Hall–Kier alpha value is -0.930. The first-order chi connectivity index (χ1) is 7.45. The van der Waals surface area contributed by atoms with E-state index in [2.05, 4.69) is 18.7 Å². The maximum Gasteiger partial charge on any atom is 0.123 e. The zero-order valence-electron chi connectivity index (χ0n) is 10.3. The number of hydrogen-bond acceptors (Lipinski definition) is 2. The van der Waals surface area contributed by atoms with Gasteiger partial charge in [0.05, 0.1) is 0 Å². The van der Waals surface area contributed by atoms with Crippen molar-refractivity contribution in [3.8, 4) is 0 Å². The summed E-state index contributed by atoms with van der Waals surface area (Å²) < 4.78 is 13.0. The Labute approximate surface area is 97.3 Å². The van der Waals surface area contributed by atoms with Crippen molar-refractivity contribution in [3.05, 3.63) is 35.6 Å². The van der Waals surface area contributed by atoms with Gasteiger partial charge in [0.2, 0.25) is 0 Å². The first-order valence-corrected chi connectivity index (χ1v) is 5.61. The standard InChI is InChI=1S/C13H21FN2/c1-13(2,10-15)16(3)8-7-11-5-4-6-12(14)9-11/h4-6,9H,7-8,10,15H2,1-3H3. The van der Waals surface area contributed by atoms with Gasteiger partial charge in [-0.05, 0) is 45.0 Å². The molecule has 0 heterocycles. The lowest BCUT2D eigenvalue weighted by molar-refractivity contribution is 0.166. The van der Waals surface area contributed by atoms with Crippen molar-refractivity contribution in [3.63, 3.8) is 0 Å². The Balaban J connectivity index is 2.52. The molecule has 3 heteroatoms. The molecule has 90 valence electrons. The Bertz CT molecular complexity index is 336. The maximum atomic E-state index is 13.0. The number of likely N-dealkylation sites (N-methyl/N-ethyl adjacent to an activating group) is 1. The summed E-state index contributed by atoms with van der Waals surface area (Å²) in [6.45, 7) is 5.72. The smallest absolute Gasteiger partial charge is 0.123 e. The summed E-state index contributed by atoms with van der Waals surface area (Å²) in [7, 11) is 2.05. The molecule has 0 saturated heterocycles. The molecular formula is C13H21FN2. The number of nitrogens with two attached hydrogens (primary N) is 1.